The summed E-state index contributed by atoms with van der Waals surface area (Å²) in [7, 11) is 0. The largest absolute Gasteiger partial charge is 0.460 e. The van der Waals surface area contributed by atoms with E-state index < -0.39 is 42.9 Å². The highest BCUT2D eigenvalue weighted by Crippen LogP contribution is 2.53. The van der Waals surface area contributed by atoms with Gasteiger partial charge in [-0.2, -0.15) is 39.5 Å². The van der Waals surface area contributed by atoms with Crippen LogP contribution in [-0.2, 0) is 4.79 Å². The summed E-state index contributed by atoms with van der Waals surface area (Å²) < 4.78 is 115. The zero-order valence-electron chi connectivity index (χ0n) is 12.8. The monoisotopic (exact) mass is 373 g/mol. The van der Waals surface area contributed by atoms with Crippen molar-refractivity contribution in [3.05, 3.63) is 12.2 Å². The molecule has 0 radical (unpaired) electrons. The maximum Gasteiger partial charge on any atom is 0.460 e. The fourth-order valence-corrected chi connectivity index (χ4v) is 1.62. The van der Waals surface area contributed by atoms with Crippen LogP contribution in [0.15, 0.2) is 12.2 Å². The predicted octanol–water partition coefficient (Wildman–Crippen LogP) is 4.66. The molecule has 0 aromatic heterocycles. The van der Waals surface area contributed by atoms with Gasteiger partial charge in [0.2, 0.25) is 5.91 Å². The summed E-state index contributed by atoms with van der Waals surface area (Å²) in [5.74, 6) is -20.8. The lowest BCUT2D eigenvalue weighted by Gasteiger charge is -2.36. The molecule has 142 valence electrons. The van der Waals surface area contributed by atoms with E-state index in [0.29, 0.717) is 6.42 Å². The number of hydrogen-bond acceptors (Lipinski definition) is 1. The van der Waals surface area contributed by atoms with Crippen molar-refractivity contribution in [1.82, 2.24) is 4.90 Å². The van der Waals surface area contributed by atoms with Gasteiger partial charge in [0.25, 0.3) is 0 Å². The van der Waals surface area contributed by atoms with E-state index in [2.05, 4.69) is 6.58 Å². The summed E-state index contributed by atoms with van der Waals surface area (Å²) in [5, 5.41) is 0. The molecule has 0 aliphatic carbocycles. The number of hydrogen-bond donors (Lipinski definition) is 0. The average Bonchev–Trinajstić information content (AvgIpc) is 2.40. The highest BCUT2D eigenvalue weighted by Gasteiger charge is 2.81. The van der Waals surface area contributed by atoms with E-state index in [0.717, 1.165) is 6.92 Å². The van der Waals surface area contributed by atoms with Crippen LogP contribution in [0.4, 0.5) is 39.5 Å². The van der Waals surface area contributed by atoms with Crippen LogP contribution >= 0.6 is 0 Å². The van der Waals surface area contributed by atoms with Crippen molar-refractivity contribution in [3.63, 3.8) is 0 Å². The zero-order valence-corrected chi connectivity index (χ0v) is 12.8. The lowest BCUT2D eigenvalue weighted by molar-refractivity contribution is -0.396. The van der Waals surface area contributed by atoms with Crippen molar-refractivity contribution in [3.8, 4) is 0 Å². The maximum atomic E-state index is 13.6. The smallest absolute Gasteiger partial charge is 0.333 e. The van der Waals surface area contributed by atoms with Crippen LogP contribution in [0.3, 0.4) is 0 Å². The van der Waals surface area contributed by atoms with Crippen LogP contribution in [0.2, 0.25) is 0 Å². The number of amides is 1. The third kappa shape index (κ3) is 4.35. The molecular formula is C13H16F9NO. The van der Waals surface area contributed by atoms with E-state index in [1.165, 1.54) is 0 Å². The molecule has 0 aromatic carbocycles. The highest BCUT2D eigenvalue weighted by molar-refractivity contribution is 5.92. The van der Waals surface area contributed by atoms with E-state index in [1.807, 2.05) is 0 Å². The first-order valence-electron chi connectivity index (χ1n) is 6.68. The van der Waals surface area contributed by atoms with Gasteiger partial charge in [0.15, 0.2) is 0 Å². The zero-order chi connectivity index (χ0) is 19.6. The van der Waals surface area contributed by atoms with Gasteiger partial charge in [0, 0.05) is 12.1 Å². The molecule has 0 heterocycles. The normalized spacial score (nSPS) is 13.8. The molecule has 0 atom stereocenters. The second kappa shape index (κ2) is 7.22. The van der Waals surface area contributed by atoms with Crippen molar-refractivity contribution in [2.45, 2.75) is 50.6 Å². The van der Waals surface area contributed by atoms with Crippen LogP contribution in [0.25, 0.3) is 0 Å². The van der Waals surface area contributed by atoms with E-state index >= 15 is 0 Å². The van der Waals surface area contributed by atoms with Crippen molar-refractivity contribution in [1.29, 1.82) is 0 Å². The molecule has 24 heavy (non-hydrogen) atoms. The lowest BCUT2D eigenvalue weighted by atomic mass is 10.0. The quantitative estimate of drug-likeness (QED) is 0.448. The molecule has 0 aliphatic heterocycles. The molecule has 0 rings (SSSR count). The third-order valence-corrected chi connectivity index (χ3v) is 3.03. The number of halogens is 9. The minimum atomic E-state index is -6.97. The summed E-state index contributed by atoms with van der Waals surface area (Å²) >= 11 is 0. The van der Waals surface area contributed by atoms with Gasteiger partial charge in [-0.05, 0) is 13.3 Å². The van der Waals surface area contributed by atoms with Crippen molar-refractivity contribution >= 4 is 5.91 Å². The Balaban J connectivity index is 5.67. The molecule has 1 amide bonds. The van der Waals surface area contributed by atoms with Gasteiger partial charge < -0.3 is 4.90 Å². The Bertz CT molecular complexity index is 471. The van der Waals surface area contributed by atoms with Crippen molar-refractivity contribution in [2.24, 2.45) is 0 Å². The average molecular weight is 373 g/mol. The first-order chi connectivity index (χ1) is 10.5. The first-order valence-corrected chi connectivity index (χ1v) is 6.68. The number of carbonyl (C=O) groups is 1. The van der Waals surface area contributed by atoms with Gasteiger partial charge in [-0.1, -0.05) is 19.9 Å². The van der Waals surface area contributed by atoms with E-state index in [4.69, 9.17) is 0 Å². The van der Waals surface area contributed by atoms with Crippen LogP contribution < -0.4 is 0 Å². The maximum absolute atomic E-state index is 13.6. The fourth-order valence-electron chi connectivity index (χ4n) is 1.62. The molecule has 0 N–H and O–H groups in total. The highest BCUT2D eigenvalue weighted by atomic mass is 19.4. The molecule has 0 aliphatic rings. The second-order valence-electron chi connectivity index (χ2n) is 5.21. The Morgan fingerprint density at radius 3 is 1.75 bits per heavy atom. The summed E-state index contributed by atoms with van der Waals surface area (Å²) in [4.78, 5) is 11.7. The Morgan fingerprint density at radius 1 is 0.958 bits per heavy atom. The van der Waals surface area contributed by atoms with E-state index in [1.54, 1.807) is 6.92 Å². The number of nitrogens with zero attached hydrogens (tertiary/aromatic N) is 1. The topological polar surface area (TPSA) is 20.3 Å². The molecule has 0 fully saturated rings. The summed E-state index contributed by atoms with van der Waals surface area (Å²) in [6.07, 6.45) is -6.50. The van der Waals surface area contributed by atoms with E-state index in [9.17, 15) is 44.3 Å². The van der Waals surface area contributed by atoms with Crippen molar-refractivity contribution in [2.75, 3.05) is 13.1 Å². The number of alkyl halides is 9. The molecule has 0 aromatic rings. The SMILES string of the molecule is C=C(C)C(=O)N(CCCC)CC(F)(F)C(F)(F)C(F)(F)C(F)(F)F. The summed E-state index contributed by atoms with van der Waals surface area (Å²) in [6.45, 7) is 2.92. The molecular weight excluding hydrogens is 357 g/mol. The second-order valence-corrected chi connectivity index (χ2v) is 5.21. The number of rotatable bonds is 8. The van der Waals surface area contributed by atoms with Crippen LogP contribution in [-0.4, -0.2) is 47.8 Å². The van der Waals surface area contributed by atoms with Crippen LogP contribution in [0.1, 0.15) is 26.7 Å². The standard InChI is InChI=1S/C13H16F9NO/c1-4-5-6-23(9(24)8(2)3)7-10(14,15)11(16,17)12(18,19)13(20,21)22/h2,4-7H2,1,3H3. The van der Waals surface area contributed by atoms with Crippen LogP contribution in [0.5, 0.6) is 0 Å². The van der Waals surface area contributed by atoms with Gasteiger partial charge in [0.05, 0.1) is 6.54 Å². The van der Waals surface area contributed by atoms with Crippen molar-refractivity contribution < 1.29 is 44.3 Å². The van der Waals surface area contributed by atoms with Gasteiger partial charge in [-0.15, -0.1) is 0 Å². The third-order valence-electron chi connectivity index (χ3n) is 3.03. The molecule has 0 spiro atoms. The van der Waals surface area contributed by atoms with Crippen LogP contribution in [0, 0.1) is 0 Å². The lowest BCUT2D eigenvalue weighted by Crippen LogP contribution is -2.64. The summed E-state index contributed by atoms with van der Waals surface area (Å²) in [5.41, 5.74) is -0.354. The molecule has 0 saturated carbocycles. The Hall–Kier alpha value is -1.42. The van der Waals surface area contributed by atoms with Gasteiger partial charge in [-0.25, -0.2) is 0 Å². The van der Waals surface area contributed by atoms with Gasteiger partial charge >= 0.3 is 23.9 Å². The minimum absolute atomic E-state index is 0.0519. The van der Waals surface area contributed by atoms with Gasteiger partial charge in [0.1, 0.15) is 0 Å². The van der Waals surface area contributed by atoms with Gasteiger partial charge in [-0.3, -0.25) is 4.79 Å². The Kier molecular flexibility index (Phi) is 6.79. The molecule has 0 bridgehead atoms. The fraction of sp³-hybridized carbons (Fsp3) is 0.769. The Morgan fingerprint density at radius 2 is 1.42 bits per heavy atom. The number of unbranched alkanes of at least 4 members (excludes halogenated alkanes) is 1. The summed E-state index contributed by atoms with van der Waals surface area (Å²) in [6, 6.07) is 0. The predicted molar refractivity (Wildman–Crippen MR) is 67.2 cm³/mol. The Labute approximate surface area is 132 Å². The molecule has 2 nitrogen and oxygen atoms in total. The number of carbonyl (C=O) groups excluding carboxylic acids is 1. The molecule has 0 saturated heterocycles. The minimum Gasteiger partial charge on any atom is -0.333 e. The first kappa shape index (κ1) is 22.6. The molecule has 11 heteroatoms. The molecule has 0 unspecified atom stereocenters. The van der Waals surface area contributed by atoms with E-state index in [-0.39, 0.29) is 16.9 Å².